The molecule has 0 bridgehead atoms. The van der Waals surface area contributed by atoms with Crippen LogP contribution in [-0.2, 0) is 4.74 Å². The molecule has 3 nitrogen and oxygen atoms in total. The summed E-state index contributed by atoms with van der Waals surface area (Å²) in [6.07, 6.45) is 5.46. The van der Waals surface area contributed by atoms with Gasteiger partial charge in [0.05, 0.1) is 6.54 Å². The number of azo groups is 1. The van der Waals surface area contributed by atoms with Gasteiger partial charge in [-0.05, 0) is 25.7 Å². The van der Waals surface area contributed by atoms with Crippen molar-refractivity contribution in [2.24, 2.45) is 16.1 Å². The Balaban J connectivity index is 4.22. The first-order valence-corrected chi connectivity index (χ1v) is 7.06. The van der Waals surface area contributed by atoms with Crippen LogP contribution < -0.4 is 0 Å². The van der Waals surface area contributed by atoms with Crippen molar-refractivity contribution in [2.75, 3.05) is 13.2 Å². The van der Waals surface area contributed by atoms with Gasteiger partial charge >= 0.3 is 0 Å². The molecule has 0 heterocycles. The van der Waals surface area contributed by atoms with E-state index in [9.17, 15) is 0 Å². The van der Waals surface area contributed by atoms with Crippen molar-refractivity contribution >= 4 is 0 Å². The minimum absolute atomic E-state index is 0.420. The molecule has 1 unspecified atom stereocenters. The van der Waals surface area contributed by atoms with E-state index in [0.717, 1.165) is 45.3 Å². The van der Waals surface area contributed by atoms with Crippen LogP contribution >= 0.6 is 0 Å². The van der Waals surface area contributed by atoms with Crippen molar-refractivity contribution in [3.05, 3.63) is 0 Å². The normalized spacial score (nSPS) is 15.6. The summed E-state index contributed by atoms with van der Waals surface area (Å²) >= 11 is 0. The highest BCUT2D eigenvalue weighted by Crippen LogP contribution is 2.23. The second kappa shape index (κ2) is 9.58. The highest BCUT2D eigenvalue weighted by Gasteiger charge is 2.25. The van der Waals surface area contributed by atoms with Gasteiger partial charge in [-0.1, -0.05) is 40.5 Å². The topological polar surface area (TPSA) is 34.0 Å². The predicted molar refractivity (Wildman–Crippen MR) is 73.4 cm³/mol. The smallest absolute Gasteiger partial charge is 0.176 e. The molecule has 0 aliphatic rings. The number of ether oxygens (including phenoxy) is 1. The van der Waals surface area contributed by atoms with Gasteiger partial charge < -0.3 is 4.74 Å². The average molecular weight is 242 g/mol. The molecule has 102 valence electrons. The fourth-order valence-electron chi connectivity index (χ4n) is 1.75. The van der Waals surface area contributed by atoms with Crippen LogP contribution in [0.2, 0.25) is 0 Å². The summed E-state index contributed by atoms with van der Waals surface area (Å²) in [6.45, 7) is 12.4. The van der Waals surface area contributed by atoms with E-state index in [2.05, 4.69) is 44.8 Å². The molecule has 0 aromatic rings. The van der Waals surface area contributed by atoms with E-state index in [4.69, 9.17) is 4.74 Å². The monoisotopic (exact) mass is 242 g/mol. The van der Waals surface area contributed by atoms with Crippen LogP contribution in [0.4, 0.5) is 0 Å². The van der Waals surface area contributed by atoms with Gasteiger partial charge in [-0.3, -0.25) is 0 Å². The molecule has 0 N–H and O–H groups in total. The molecule has 0 aliphatic heterocycles. The van der Waals surface area contributed by atoms with Gasteiger partial charge in [-0.2, -0.15) is 10.2 Å². The SMILES string of the molecule is CCCC/N=N/C(C)(CC(C)C)OCCCC. The van der Waals surface area contributed by atoms with E-state index in [1.807, 2.05) is 0 Å². The van der Waals surface area contributed by atoms with Crippen molar-refractivity contribution in [3.8, 4) is 0 Å². The summed E-state index contributed by atoms with van der Waals surface area (Å²) in [5, 5.41) is 8.67. The van der Waals surface area contributed by atoms with E-state index in [1.165, 1.54) is 0 Å². The maximum absolute atomic E-state index is 5.90. The number of rotatable bonds is 10. The van der Waals surface area contributed by atoms with Crippen molar-refractivity contribution in [3.63, 3.8) is 0 Å². The molecule has 0 rings (SSSR count). The highest BCUT2D eigenvalue weighted by atomic mass is 16.5. The van der Waals surface area contributed by atoms with Crippen molar-refractivity contribution < 1.29 is 4.74 Å². The van der Waals surface area contributed by atoms with Gasteiger partial charge in [0.2, 0.25) is 0 Å². The molecule has 0 fully saturated rings. The summed E-state index contributed by atoms with van der Waals surface area (Å²) in [4.78, 5) is 0. The highest BCUT2D eigenvalue weighted by molar-refractivity contribution is 4.72. The zero-order valence-corrected chi connectivity index (χ0v) is 12.3. The summed E-state index contributed by atoms with van der Waals surface area (Å²) in [5.41, 5.74) is -0.420. The van der Waals surface area contributed by atoms with Gasteiger partial charge in [0.1, 0.15) is 0 Å². The number of nitrogens with zero attached hydrogens (tertiary/aromatic N) is 2. The lowest BCUT2D eigenvalue weighted by Crippen LogP contribution is -2.28. The summed E-state index contributed by atoms with van der Waals surface area (Å²) in [5.74, 6) is 0.576. The quantitative estimate of drug-likeness (QED) is 0.399. The van der Waals surface area contributed by atoms with Crippen molar-refractivity contribution in [1.82, 2.24) is 0 Å². The summed E-state index contributed by atoms with van der Waals surface area (Å²) < 4.78 is 5.90. The Labute approximate surface area is 107 Å². The second-order valence-electron chi connectivity index (χ2n) is 5.29. The van der Waals surface area contributed by atoms with Crippen LogP contribution in [0.1, 0.15) is 66.7 Å². The minimum Gasteiger partial charge on any atom is -0.352 e. The van der Waals surface area contributed by atoms with Gasteiger partial charge in [0.15, 0.2) is 5.72 Å². The first-order chi connectivity index (χ1) is 8.04. The lowest BCUT2D eigenvalue weighted by Gasteiger charge is -2.26. The van der Waals surface area contributed by atoms with E-state index >= 15 is 0 Å². The second-order valence-corrected chi connectivity index (χ2v) is 5.29. The van der Waals surface area contributed by atoms with Crippen LogP contribution in [0.3, 0.4) is 0 Å². The van der Waals surface area contributed by atoms with Crippen molar-refractivity contribution in [1.29, 1.82) is 0 Å². The fourth-order valence-corrected chi connectivity index (χ4v) is 1.75. The molecule has 0 saturated carbocycles. The van der Waals surface area contributed by atoms with Crippen LogP contribution in [0, 0.1) is 5.92 Å². The molecule has 0 aliphatic carbocycles. The minimum atomic E-state index is -0.420. The Kier molecular flexibility index (Phi) is 9.33. The first-order valence-electron chi connectivity index (χ1n) is 7.06. The molecule has 17 heavy (non-hydrogen) atoms. The molecule has 0 aromatic carbocycles. The zero-order chi connectivity index (χ0) is 13.1. The van der Waals surface area contributed by atoms with Gasteiger partial charge in [-0.25, -0.2) is 0 Å². The summed E-state index contributed by atoms with van der Waals surface area (Å²) in [7, 11) is 0. The molecule has 0 aromatic heterocycles. The molecule has 1 atom stereocenters. The third kappa shape index (κ3) is 9.28. The van der Waals surface area contributed by atoms with Crippen LogP contribution in [-0.4, -0.2) is 18.9 Å². The first kappa shape index (κ1) is 16.6. The Bertz CT molecular complexity index is 204. The van der Waals surface area contributed by atoms with Gasteiger partial charge in [-0.15, -0.1) is 0 Å². The fraction of sp³-hybridized carbons (Fsp3) is 1.00. The molecule has 0 radical (unpaired) electrons. The van der Waals surface area contributed by atoms with Crippen LogP contribution in [0.25, 0.3) is 0 Å². The predicted octanol–water partition coefficient (Wildman–Crippen LogP) is 4.82. The Morgan fingerprint density at radius 1 is 1.12 bits per heavy atom. The Morgan fingerprint density at radius 2 is 1.76 bits per heavy atom. The molecular formula is C14H30N2O. The van der Waals surface area contributed by atoms with Crippen molar-refractivity contribution in [2.45, 2.75) is 72.4 Å². The molecule has 0 spiro atoms. The van der Waals surface area contributed by atoms with Gasteiger partial charge in [0.25, 0.3) is 0 Å². The zero-order valence-electron chi connectivity index (χ0n) is 12.3. The molecule has 0 saturated heterocycles. The van der Waals surface area contributed by atoms with Crippen LogP contribution in [0.15, 0.2) is 10.2 Å². The Hall–Kier alpha value is -0.440. The molecule has 0 amide bonds. The number of hydrogen-bond acceptors (Lipinski definition) is 3. The number of hydrogen-bond donors (Lipinski definition) is 0. The maximum atomic E-state index is 5.90. The molecule has 3 heteroatoms. The lowest BCUT2D eigenvalue weighted by atomic mass is 10.0. The molecular weight excluding hydrogens is 212 g/mol. The Morgan fingerprint density at radius 3 is 2.29 bits per heavy atom. The summed E-state index contributed by atoms with van der Waals surface area (Å²) in [6, 6.07) is 0. The largest absolute Gasteiger partial charge is 0.352 e. The third-order valence-electron chi connectivity index (χ3n) is 2.59. The standard InChI is InChI=1S/C14H30N2O/c1-6-8-10-15-16-14(5,12-13(3)4)17-11-9-7-2/h13H,6-12H2,1-5H3/b16-15+. The third-order valence-corrected chi connectivity index (χ3v) is 2.59. The van der Waals surface area contributed by atoms with E-state index in [-0.39, 0.29) is 0 Å². The van der Waals surface area contributed by atoms with E-state index < -0.39 is 5.72 Å². The van der Waals surface area contributed by atoms with Crippen LogP contribution in [0.5, 0.6) is 0 Å². The number of unbranched alkanes of at least 4 members (excludes halogenated alkanes) is 2. The lowest BCUT2D eigenvalue weighted by molar-refractivity contribution is -0.0455. The van der Waals surface area contributed by atoms with Gasteiger partial charge in [0, 0.05) is 13.0 Å². The van der Waals surface area contributed by atoms with E-state index in [1.54, 1.807) is 0 Å². The average Bonchev–Trinajstić information content (AvgIpc) is 2.24. The van der Waals surface area contributed by atoms with E-state index in [0.29, 0.717) is 5.92 Å². The maximum Gasteiger partial charge on any atom is 0.176 e.